The summed E-state index contributed by atoms with van der Waals surface area (Å²) in [5.74, 6) is -1.57. The number of carbonyl (C=O) groups excluding carboxylic acids is 2. The molecule has 3 N–H and O–H groups in total. The van der Waals surface area contributed by atoms with Crippen LogP contribution in [0.25, 0.3) is 22.4 Å². The van der Waals surface area contributed by atoms with Crippen LogP contribution in [0.3, 0.4) is 0 Å². The number of nitrogens with zero attached hydrogens (tertiary/aromatic N) is 4. The van der Waals surface area contributed by atoms with Gasteiger partial charge in [0.2, 0.25) is 0 Å². The lowest BCUT2D eigenvalue weighted by molar-refractivity contribution is -0.186. The molecule has 4 rings (SSSR count). The maximum Gasteiger partial charge on any atom is 0.471 e. The first-order valence-electron chi connectivity index (χ1n) is 10.6. The lowest BCUT2D eigenvalue weighted by Gasteiger charge is -2.33. The number of hydrogen-bond acceptors (Lipinski definition) is 7. The van der Waals surface area contributed by atoms with Crippen LogP contribution in [0.5, 0.6) is 11.5 Å². The molecule has 13 heteroatoms. The second kappa shape index (κ2) is 9.60. The van der Waals surface area contributed by atoms with Gasteiger partial charge in [-0.3, -0.25) is 10.1 Å². The van der Waals surface area contributed by atoms with E-state index in [0.717, 1.165) is 0 Å². The van der Waals surface area contributed by atoms with Crippen LogP contribution in [0.1, 0.15) is 12.8 Å². The molecule has 1 aromatic carbocycles. The molecule has 1 fully saturated rings. The highest BCUT2D eigenvalue weighted by atomic mass is 19.4. The van der Waals surface area contributed by atoms with E-state index in [2.05, 4.69) is 25.6 Å². The van der Waals surface area contributed by atoms with Crippen LogP contribution in [-0.4, -0.2) is 69.3 Å². The summed E-state index contributed by atoms with van der Waals surface area (Å²) in [6, 6.07) is 6.84. The molecule has 1 saturated heterocycles. The van der Waals surface area contributed by atoms with Crippen molar-refractivity contribution >= 4 is 28.9 Å². The summed E-state index contributed by atoms with van der Waals surface area (Å²) < 4.78 is 43.2. The number of halogens is 3. The van der Waals surface area contributed by atoms with Crippen LogP contribution < -0.4 is 15.4 Å². The molecule has 3 heterocycles. The number of pyridine rings is 1. The third-order valence-electron chi connectivity index (χ3n) is 5.41. The van der Waals surface area contributed by atoms with E-state index in [1.54, 1.807) is 24.3 Å². The highest BCUT2D eigenvalue weighted by Crippen LogP contribution is 2.31. The van der Waals surface area contributed by atoms with E-state index in [4.69, 9.17) is 4.74 Å². The second-order valence-corrected chi connectivity index (χ2v) is 7.87. The van der Waals surface area contributed by atoms with Crippen molar-refractivity contribution in [1.29, 1.82) is 0 Å². The van der Waals surface area contributed by atoms with E-state index in [1.807, 2.05) is 0 Å². The van der Waals surface area contributed by atoms with Gasteiger partial charge >= 0.3 is 18.1 Å². The molecule has 3 amide bonds. The predicted octanol–water partition coefficient (Wildman–Crippen LogP) is 3.08. The number of piperidine rings is 1. The maximum atomic E-state index is 12.7. The Balaban J connectivity index is 1.45. The van der Waals surface area contributed by atoms with Gasteiger partial charge in [-0.1, -0.05) is 0 Å². The fourth-order valence-corrected chi connectivity index (χ4v) is 3.75. The summed E-state index contributed by atoms with van der Waals surface area (Å²) in [6.07, 6.45) is -2.87. The Morgan fingerprint density at radius 1 is 1.20 bits per heavy atom. The van der Waals surface area contributed by atoms with Gasteiger partial charge in [0.25, 0.3) is 0 Å². The summed E-state index contributed by atoms with van der Waals surface area (Å²) in [6.45, 7) is -0.259. The number of carbonyl (C=O) groups is 2. The van der Waals surface area contributed by atoms with Gasteiger partial charge in [-0.05, 0) is 43.2 Å². The second-order valence-electron chi connectivity index (χ2n) is 7.87. The van der Waals surface area contributed by atoms with Gasteiger partial charge < -0.3 is 20.1 Å². The number of phenolic OH excluding ortho intramolecular Hbond substituents is 1. The Kier molecular flexibility index (Phi) is 6.58. The topological polar surface area (TPSA) is 130 Å². The number of rotatable bonds is 4. The smallest absolute Gasteiger partial charge is 0.471 e. The Morgan fingerprint density at radius 2 is 2.00 bits per heavy atom. The largest absolute Gasteiger partial charge is 0.504 e. The normalized spacial score (nSPS) is 16.1. The first-order valence-corrected chi connectivity index (χ1v) is 10.6. The number of likely N-dealkylation sites (tertiary alicyclic amines) is 1. The number of anilines is 1. The van der Waals surface area contributed by atoms with E-state index >= 15 is 0 Å². The van der Waals surface area contributed by atoms with Crippen LogP contribution in [-0.2, 0) is 4.79 Å². The Labute approximate surface area is 197 Å². The number of amides is 3. The van der Waals surface area contributed by atoms with E-state index in [1.165, 1.54) is 19.4 Å². The Hall–Kier alpha value is -4.16. The SMILES string of the molecule is COc1cc(-c2ccc3ncc(NC(=O)NC4CCCN(C(=O)C(F)(F)F)C4)nc3n2)ccc1O. The van der Waals surface area contributed by atoms with Crippen LogP contribution in [0.4, 0.5) is 23.8 Å². The number of hydrogen-bond donors (Lipinski definition) is 3. The molecule has 0 spiro atoms. The molecule has 1 atom stereocenters. The fourth-order valence-electron chi connectivity index (χ4n) is 3.75. The fraction of sp³-hybridized carbons (Fsp3) is 0.318. The van der Waals surface area contributed by atoms with Gasteiger partial charge in [0.15, 0.2) is 23.0 Å². The van der Waals surface area contributed by atoms with Gasteiger partial charge in [0.05, 0.1) is 19.0 Å². The zero-order chi connectivity index (χ0) is 25.2. The molecule has 1 aliphatic rings. The Morgan fingerprint density at radius 3 is 2.74 bits per heavy atom. The number of alkyl halides is 3. The van der Waals surface area contributed by atoms with Crippen molar-refractivity contribution in [2.24, 2.45) is 0 Å². The molecule has 1 unspecified atom stereocenters. The van der Waals surface area contributed by atoms with Crippen LogP contribution in [0, 0.1) is 0 Å². The number of aromatic nitrogens is 3. The van der Waals surface area contributed by atoms with E-state index in [-0.39, 0.29) is 36.1 Å². The molecule has 0 saturated carbocycles. The number of aromatic hydroxyl groups is 1. The van der Waals surface area contributed by atoms with Crippen LogP contribution in [0.2, 0.25) is 0 Å². The van der Waals surface area contributed by atoms with Gasteiger partial charge in [0.1, 0.15) is 5.52 Å². The van der Waals surface area contributed by atoms with Crippen molar-refractivity contribution in [2.75, 3.05) is 25.5 Å². The highest BCUT2D eigenvalue weighted by molar-refractivity contribution is 5.89. The van der Waals surface area contributed by atoms with Gasteiger partial charge in [-0.15, -0.1) is 0 Å². The number of phenols is 1. The lowest BCUT2D eigenvalue weighted by atomic mass is 10.1. The maximum absolute atomic E-state index is 12.7. The van der Waals surface area contributed by atoms with Crippen molar-refractivity contribution in [3.63, 3.8) is 0 Å². The standard InChI is InChI=1S/C22H21F3N6O4/c1-35-17-9-12(4-7-16(17)32)14-5-6-15-19(28-14)29-18(10-26-15)30-21(34)27-13-3-2-8-31(11-13)20(33)22(23,24)25/h4-7,9-10,13,32H,2-3,8,11H2,1H3,(H2,27,28,29,30,34). The van der Waals surface area contributed by atoms with Gasteiger partial charge in [-0.25, -0.2) is 19.7 Å². The molecule has 0 radical (unpaired) electrons. The van der Waals surface area contributed by atoms with Crippen molar-refractivity contribution in [2.45, 2.75) is 25.1 Å². The number of ether oxygens (including phenoxy) is 1. The van der Waals surface area contributed by atoms with Crippen LogP contribution >= 0.6 is 0 Å². The Bertz CT molecular complexity index is 1270. The first-order chi connectivity index (χ1) is 16.6. The number of nitrogens with one attached hydrogen (secondary N) is 2. The molecule has 1 aliphatic heterocycles. The van der Waals surface area contributed by atoms with Gasteiger partial charge in [0, 0.05) is 24.7 Å². The summed E-state index contributed by atoms with van der Waals surface area (Å²) >= 11 is 0. The molecule has 3 aromatic rings. The lowest BCUT2D eigenvalue weighted by Crippen LogP contribution is -2.53. The quantitative estimate of drug-likeness (QED) is 0.513. The number of benzene rings is 1. The molecule has 184 valence electrons. The van der Waals surface area contributed by atoms with Crippen molar-refractivity contribution in [3.8, 4) is 22.8 Å². The highest BCUT2D eigenvalue weighted by Gasteiger charge is 2.43. The van der Waals surface area contributed by atoms with Crippen LogP contribution in [0.15, 0.2) is 36.5 Å². The first kappa shape index (κ1) is 24.0. The monoisotopic (exact) mass is 490 g/mol. The third kappa shape index (κ3) is 5.50. The summed E-state index contributed by atoms with van der Waals surface area (Å²) in [4.78, 5) is 37.5. The minimum absolute atomic E-state index is 0.0156. The average Bonchev–Trinajstić information content (AvgIpc) is 2.83. The van der Waals surface area contributed by atoms with Gasteiger partial charge in [-0.2, -0.15) is 13.2 Å². The molecular weight excluding hydrogens is 469 g/mol. The zero-order valence-corrected chi connectivity index (χ0v) is 18.5. The summed E-state index contributed by atoms with van der Waals surface area (Å²) in [5, 5.41) is 14.9. The molecule has 35 heavy (non-hydrogen) atoms. The minimum Gasteiger partial charge on any atom is -0.504 e. The van der Waals surface area contributed by atoms with E-state index in [9.17, 15) is 27.9 Å². The molecule has 10 nitrogen and oxygen atoms in total. The van der Waals surface area contributed by atoms with E-state index in [0.29, 0.717) is 34.5 Å². The summed E-state index contributed by atoms with van der Waals surface area (Å²) in [5.41, 5.74) is 1.91. The third-order valence-corrected chi connectivity index (χ3v) is 5.41. The molecule has 0 bridgehead atoms. The number of methoxy groups -OCH3 is 1. The molecular formula is C22H21F3N6O4. The molecule has 2 aromatic heterocycles. The van der Waals surface area contributed by atoms with E-state index < -0.39 is 24.2 Å². The van der Waals surface area contributed by atoms with Crippen molar-refractivity contribution < 1.29 is 32.6 Å². The average molecular weight is 490 g/mol. The van der Waals surface area contributed by atoms with Crippen molar-refractivity contribution in [3.05, 3.63) is 36.5 Å². The predicted molar refractivity (Wildman–Crippen MR) is 119 cm³/mol. The number of fused-ring (bicyclic) bond motifs is 1. The number of urea groups is 1. The summed E-state index contributed by atoms with van der Waals surface area (Å²) in [7, 11) is 1.43. The molecule has 0 aliphatic carbocycles. The minimum atomic E-state index is -4.96. The zero-order valence-electron chi connectivity index (χ0n) is 18.5. The van der Waals surface area contributed by atoms with Crippen molar-refractivity contribution in [1.82, 2.24) is 25.2 Å².